The average molecular weight is 429 g/mol. The predicted molar refractivity (Wildman–Crippen MR) is 122 cm³/mol. The highest BCUT2D eigenvalue weighted by molar-refractivity contribution is 6.33. The zero-order valence-corrected chi connectivity index (χ0v) is 18.5. The molecule has 1 N–H and O–H groups in total. The summed E-state index contributed by atoms with van der Waals surface area (Å²) in [5.41, 5.74) is 2.69. The van der Waals surface area contributed by atoms with Crippen LogP contribution in [-0.2, 0) is 0 Å². The third kappa shape index (κ3) is 4.78. The second-order valence-corrected chi connectivity index (χ2v) is 8.51. The van der Waals surface area contributed by atoms with Crippen LogP contribution >= 0.6 is 11.6 Å². The number of nitrogens with zero attached hydrogens (tertiary/aromatic N) is 5. The van der Waals surface area contributed by atoms with Crippen molar-refractivity contribution < 1.29 is 4.79 Å². The van der Waals surface area contributed by atoms with Gasteiger partial charge in [0.05, 0.1) is 10.7 Å². The highest BCUT2D eigenvalue weighted by Gasteiger charge is 2.24. The molecular formula is C22H29ClN6O. The van der Waals surface area contributed by atoms with Gasteiger partial charge in [0, 0.05) is 51.0 Å². The number of piperidine rings is 1. The van der Waals surface area contributed by atoms with Crippen LogP contribution in [0.1, 0.15) is 30.5 Å². The standard InChI is InChI=1S/C22H29ClN6O/c1-16-6-7-19(18(23)14-16)25-22(30)29-12-10-28(11-13-29)21-24-17(2)15-20(26-21)27-8-4-3-5-9-27/h6-7,14-15H,3-5,8-13H2,1-2H3,(H,25,30). The summed E-state index contributed by atoms with van der Waals surface area (Å²) in [4.78, 5) is 28.5. The lowest BCUT2D eigenvalue weighted by Gasteiger charge is -2.35. The fourth-order valence-corrected chi connectivity index (χ4v) is 4.27. The van der Waals surface area contributed by atoms with Crippen LogP contribution in [0.25, 0.3) is 0 Å². The van der Waals surface area contributed by atoms with Crippen molar-refractivity contribution in [1.82, 2.24) is 14.9 Å². The number of amides is 2. The van der Waals surface area contributed by atoms with E-state index in [4.69, 9.17) is 16.6 Å². The second-order valence-electron chi connectivity index (χ2n) is 8.10. The van der Waals surface area contributed by atoms with Gasteiger partial charge < -0.3 is 20.0 Å². The molecule has 3 heterocycles. The van der Waals surface area contributed by atoms with Crippen LogP contribution in [0.2, 0.25) is 5.02 Å². The number of urea groups is 1. The van der Waals surface area contributed by atoms with E-state index in [1.54, 1.807) is 0 Å². The van der Waals surface area contributed by atoms with Crippen molar-refractivity contribution in [3.05, 3.63) is 40.5 Å². The van der Waals surface area contributed by atoms with Crippen LogP contribution in [0.3, 0.4) is 0 Å². The maximum atomic E-state index is 12.7. The Morgan fingerprint density at radius 1 is 0.933 bits per heavy atom. The summed E-state index contributed by atoms with van der Waals surface area (Å²) in [7, 11) is 0. The number of nitrogens with one attached hydrogen (secondary N) is 1. The first-order valence-electron chi connectivity index (χ1n) is 10.7. The van der Waals surface area contributed by atoms with E-state index < -0.39 is 0 Å². The lowest BCUT2D eigenvalue weighted by atomic mass is 10.1. The molecule has 0 radical (unpaired) electrons. The molecule has 7 nitrogen and oxygen atoms in total. The Bertz CT molecular complexity index is 906. The molecule has 30 heavy (non-hydrogen) atoms. The summed E-state index contributed by atoms with van der Waals surface area (Å²) in [6, 6.07) is 7.58. The Hall–Kier alpha value is -2.54. The molecule has 0 spiro atoms. The molecule has 1 aromatic heterocycles. The molecule has 8 heteroatoms. The summed E-state index contributed by atoms with van der Waals surface area (Å²) < 4.78 is 0. The number of rotatable bonds is 3. The van der Waals surface area contributed by atoms with Crippen molar-refractivity contribution in [1.29, 1.82) is 0 Å². The largest absolute Gasteiger partial charge is 0.356 e. The van der Waals surface area contributed by atoms with E-state index in [9.17, 15) is 4.79 Å². The van der Waals surface area contributed by atoms with Crippen LogP contribution in [0.15, 0.2) is 24.3 Å². The Kier molecular flexibility index (Phi) is 6.27. The molecule has 160 valence electrons. The van der Waals surface area contributed by atoms with Crippen molar-refractivity contribution in [2.24, 2.45) is 0 Å². The molecule has 0 aliphatic carbocycles. The van der Waals surface area contributed by atoms with Gasteiger partial charge in [0.25, 0.3) is 0 Å². The van der Waals surface area contributed by atoms with Crippen molar-refractivity contribution >= 4 is 35.1 Å². The fourth-order valence-electron chi connectivity index (χ4n) is 3.99. The lowest BCUT2D eigenvalue weighted by molar-refractivity contribution is 0.208. The van der Waals surface area contributed by atoms with Crippen molar-refractivity contribution in [3.8, 4) is 0 Å². The highest BCUT2D eigenvalue weighted by Crippen LogP contribution is 2.24. The van der Waals surface area contributed by atoms with Crippen LogP contribution in [0.4, 0.5) is 22.2 Å². The van der Waals surface area contributed by atoms with Gasteiger partial charge in [0.15, 0.2) is 0 Å². The third-order valence-electron chi connectivity index (χ3n) is 5.72. The molecule has 0 unspecified atom stereocenters. The molecule has 2 saturated heterocycles. The monoisotopic (exact) mass is 428 g/mol. The number of aryl methyl sites for hydroxylation is 2. The molecule has 0 saturated carbocycles. The van der Waals surface area contributed by atoms with Gasteiger partial charge in [-0.3, -0.25) is 0 Å². The molecule has 2 aliphatic rings. The molecule has 0 bridgehead atoms. The van der Waals surface area contributed by atoms with E-state index in [2.05, 4.69) is 26.2 Å². The Balaban J connectivity index is 1.38. The number of halogens is 1. The van der Waals surface area contributed by atoms with E-state index in [0.717, 1.165) is 36.1 Å². The fraction of sp³-hybridized carbons (Fsp3) is 0.500. The molecule has 4 rings (SSSR count). The number of benzene rings is 1. The zero-order valence-electron chi connectivity index (χ0n) is 17.7. The van der Waals surface area contributed by atoms with E-state index >= 15 is 0 Å². The zero-order chi connectivity index (χ0) is 21.1. The number of carbonyl (C=O) groups excluding carboxylic acids is 1. The minimum atomic E-state index is -0.125. The number of aromatic nitrogens is 2. The first kappa shape index (κ1) is 20.7. The van der Waals surface area contributed by atoms with Crippen molar-refractivity contribution in [2.75, 3.05) is 54.4 Å². The minimum Gasteiger partial charge on any atom is -0.356 e. The SMILES string of the molecule is Cc1ccc(NC(=O)N2CCN(c3nc(C)cc(N4CCCCC4)n3)CC2)c(Cl)c1. The molecule has 2 amide bonds. The first-order valence-corrected chi connectivity index (χ1v) is 11.0. The molecule has 0 atom stereocenters. The lowest BCUT2D eigenvalue weighted by Crippen LogP contribution is -2.50. The molecule has 2 aliphatic heterocycles. The van der Waals surface area contributed by atoms with E-state index in [1.165, 1.54) is 19.3 Å². The van der Waals surface area contributed by atoms with Gasteiger partial charge >= 0.3 is 6.03 Å². The topological polar surface area (TPSA) is 64.6 Å². The first-order chi connectivity index (χ1) is 14.5. The summed E-state index contributed by atoms with van der Waals surface area (Å²) in [5, 5.41) is 3.48. The molecule has 1 aromatic carbocycles. The maximum Gasteiger partial charge on any atom is 0.322 e. The quantitative estimate of drug-likeness (QED) is 0.797. The van der Waals surface area contributed by atoms with E-state index in [1.807, 2.05) is 36.9 Å². The normalized spacial score (nSPS) is 17.2. The summed E-state index contributed by atoms with van der Waals surface area (Å²) in [6.07, 6.45) is 3.74. The average Bonchev–Trinajstić information content (AvgIpc) is 2.76. The number of anilines is 3. The molecular weight excluding hydrogens is 400 g/mol. The Labute approximate surface area is 183 Å². The number of piperazine rings is 1. The predicted octanol–water partition coefficient (Wildman–Crippen LogP) is 4.09. The number of hydrogen-bond acceptors (Lipinski definition) is 5. The minimum absolute atomic E-state index is 0.125. The van der Waals surface area contributed by atoms with Gasteiger partial charge in [-0.1, -0.05) is 17.7 Å². The van der Waals surface area contributed by atoms with Crippen molar-refractivity contribution in [2.45, 2.75) is 33.1 Å². The van der Waals surface area contributed by atoms with Crippen LogP contribution < -0.4 is 15.1 Å². The number of carbonyl (C=O) groups is 1. The van der Waals surface area contributed by atoms with E-state index in [-0.39, 0.29) is 6.03 Å². The van der Waals surface area contributed by atoms with Gasteiger partial charge in [0.2, 0.25) is 5.95 Å². The van der Waals surface area contributed by atoms with Crippen LogP contribution in [0, 0.1) is 13.8 Å². The summed E-state index contributed by atoms with van der Waals surface area (Å²) >= 11 is 6.25. The smallest absolute Gasteiger partial charge is 0.322 e. The van der Waals surface area contributed by atoms with Crippen LogP contribution in [0.5, 0.6) is 0 Å². The van der Waals surface area contributed by atoms with Crippen molar-refractivity contribution in [3.63, 3.8) is 0 Å². The second kappa shape index (κ2) is 9.08. The maximum absolute atomic E-state index is 12.7. The molecule has 2 aromatic rings. The summed E-state index contributed by atoms with van der Waals surface area (Å²) in [5.74, 6) is 1.78. The Morgan fingerprint density at radius 3 is 2.37 bits per heavy atom. The van der Waals surface area contributed by atoms with Gasteiger partial charge in [-0.25, -0.2) is 9.78 Å². The Morgan fingerprint density at radius 2 is 1.67 bits per heavy atom. The highest BCUT2D eigenvalue weighted by atomic mass is 35.5. The van der Waals surface area contributed by atoms with Gasteiger partial charge in [-0.15, -0.1) is 0 Å². The van der Waals surface area contributed by atoms with Gasteiger partial charge in [-0.05, 0) is 50.8 Å². The summed E-state index contributed by atoms with van der Waals surface area (Å²) in [6.45, 7) is 8.76. The van der Waals surface area contributed by atoms with Crippen LogP contribution in [-0.4, -0.2) is 60.2 Å². The van der Waals surface area contributed by atoms with Gasteiger partial charge in [-0.2, -0.15) is 4.98 Å². The third-order valence-corrected chi connectivity index (χ3v) is 6.04. The number of hydrogen-bond donors (Lipinski definition) is 1. The molecule has 2 fully saturated rings. The van der Waals surface area contributed by atoms with E-state index in [0.29, 0.717) is 36.9 Å². The van der Waals surface area contributed by atoms with Gasteiger partial charge in [0.1, 0.15) is 5.82 Å².